The maximum absolute atomic E-state index is 13.2. The summed E-state index contributed by atoms with van der Waals surface area (Å²) in [5.74, 6) is 1.18. The Morgan fingerprint density at radius 3 is 1.46 bits per heavy atom. The molecule has 2 aromatic rings. The van der Waals surface area contributed by atoms with E-state index >= 15 is 0 Å². The van der Waals surface area contributed by atoms with Crippen LogP contribution in [0.4, 0.5) is 9.59 Å². The number of nitrogens with zero attached hydrogens (tertiary/aromatic N) is 2. The number of benzene rings is 2. The van der Waals surface area contributed by atoms with E-state index in [4.69, 9.17) is 14.2 Å². The van der Waals surface area contributed by atoms with Crippen molar-refractivity contribution in [3.05, 3.63) is 71.8 Å². The third-order valence-electron chi connectivity index (χ3n) is 9.45. The molecule has 6 atom stereocenters. The van der Waals surface area contributed by atoms with Crippen LogP contribution in [-0.2, 0) is 27.4 Å². The van der Waals surface area contributed by atoms with Crippen molar-refractivity contribution in [1.29, 1.82) is 0 Å². The van der Waals surface area contributed by atoms with Crippen molar-refractivity contribution in [2.75, 3.05) is 13.1 Å². The monoisotopic (exact) mass is 504 g/mol. The van der Waals surface area contributed by atoms with E-state index in [-0.39, 0.29) is 48.1 Å². The second-order valence-electron chi connectivity index (χ2n) is 12.2. The van der Waals surface area contributed by atoms with Crippen LogP contribution in [0.5, 0.6) is 0 Å². The van der Waals surface area contributed by atoms with Gasteiger partial charge in [0.2, 0.25) is 0 Å². The number of rotatable bonds is 6. The lowest BCUT2D eigenvalue weighted by Gasteiger charge is -2.36. The molecule has 2 saturated carbocycles. The van der Waals surface area contributed by atoms with Gasteiger partial charge in [-0.15, -0.1) is 0 Å². The van der Waals surface area contributed by atoms with Crippen LogP contribution in [0.25, 0.3) is 0 Å². The molecule has 7 heteroatoms. The number of hydrogen-bond acceptors (Lipinski definition) is 5. The van der Waals surface area contributed by atoms with Gasteiger partial charge in [0.15, 0.2) is 0 Å². The van der Waals surface area contributed by atoms with Gasteiger partial charge in [0.25, 0.3) is 0 Å². The molecular formula is C30H36N2O5. The summed E-state index contributed by atoms with van der Waals surface area (Å²) in [5, 5.41) is 0. The zero-order chi connectivity index (χ0) is 25.9. The van der Waals surface area contributed by atoms with Crippen molar-refractivity contribution in [3.63, 3.8) is 0 Å². The highest BCUT2D eigenvalue weighted by Gasteiger charge is 2.73. The lowest BCUT2D eigenvalue weighted by atomic mass is 10.0. The van der Waals surface area contributed by atoms with Crippen LogP contribution < -0.4 is 0 Å². The summed E-state index contributed by atoms with van der Waals surface area (Å²) in [5.41, 5.74) is 2.08. The molecule has 2 aliphatic heterocycles. The Labute approximate surface area is 218 Å². The Balaban J connectivity index is 1.16. The van der Waals surface area contributed by atoms with Crippen molar-refractivity contribution in [1.82, 2.24) is 9.80 Å². The second-order valence-corrected chi connectivity index (χ2v) is 12.2. The molecule has 0 radical (unpaired) electrons. The Hall–Kier alpha value is -3.06. The number of carbonyl (C=O) groups is 2. The molecule has 0 bridgehead atoms. The molecule has 6 rings (SSSR count). The third kappa shape index (κ3) is 4.17. The molecule has 2 heterocycles. The topological polar surface area (TPSA) is 68.3 Å². The molecule has 4 aliphatic rings. The van der Waals surface area contributed by atoms with E-state index in [9.17, 15) is 9.59 Å². The standard InChI is InChI=1S/C30H36N2O5/c1-29(2)21-15-31(27(33)35-17-19-11-7-5-8-12-19)25(23(21)29)37-26-24-22(30(24,3)4)16-32(26)28(34)36-18-20-13-9-6-10-14-20/h5-14,21-26H,15-18H2,1-4H3. The first-order chi connectivity index (χ1) is 17.7. The lowest BCUT2D eigenvalue weighted by Crippen LogP contribution is -2.49. The minimum absolute atomic E-state index is 0.0938. The molecule has 2 aromatic carbocycles. The zero-order valence-electron chi connectivity index (χ0n) is 22.0. The van der Waals surface area contributed by atoms with Crippen LogP contribution in [0, 0.1) is 34.5 Å². The highest BCUT2D eigenvalue weighted by atomic mass is 16.6. The first kappa shape index (κ1) is 24.3. The fourth-order valence-electron chi connectivity index (χ4n) is 6.84. The molecule has 37 heavy (non-hydrogen) atoms. The Bertz CT molecular complexity index is 1080. The molecule has 196 valence electrons. The number of piperidine rings is 2. The van der Waals surface area contributed by atoms with E-state index in [1.54, 1.807) is 9.80 Å². The number of hydrogen-bond donors (Lipinski definition) is 0. The molecule has 7 nitrogen and oxygen atoms in total. The smallest absolute Gasteiger partial charge is 0.412 e. The summed E-state index contributed by atoms with van der Waals surface area (Å²) in [6.07, 6.45) is -1.57. The van der Waals surface area contributed by atoms with Crippen molar-refractivity contribution < 1.29 is 23.8 Å². The number of ether oxygens (including phenoxy) is 3. The number of likely N-dealkylation sites (tertiary alicyclic amines) is 2. The van der Waals surface area contributed by atoms with Gasteiger partial charge in [0.1, 0.15) is 25.7 Å². The minimum atomic E-state index is -0.423. The summed E-state index contributed by atoms with van der Waals surface area (Å²) in [4.78, 5) is 29.9. The summed E-state index contributed by atoms with van der Waals surface area (Å²) in [7, 11) is 0. The number of amides is 2. The first-order valence-electron chi connectivity index (χ1n) is 13.3. The van der Waals surface area contributed by atoms with Gasteiger partial charge in [0.05, 0.1) is 0 Å². The van der Waals surface area contributed by atoms with Gasteiger partial charge < -0.3 is 14.2 Å². The zero-order valence-corrected chi connectivity index (χ0v) is 22.0. The first-order valence-corrected chi connectivity index (χ1v) is 13.3. The van der Waals surface area contributed by atoms with Gasteiger partial charge in [0, 0.05) is 24.9 Å². The predicted molar refractivity (Wildman–Crippen MR) is 137 cm³/mol. The molecule has 2 aliphatic carbocycles. The molecular weight excluding hydrogens is 468 g/mol. The quantitative estimate of drug-likeness (QED) is 0.519. The fourth-order valence-corrected chi connectivity index (χ4v) is 6.84. The maximum atomic E-state index is 13.2. The predicted octanol–water partition coefficient (Wildman–Crippen LogP) is 5.50. The largest absolute Gasteiger partial charge is 0.444 e. The molecule has 0 N–H and O–H groups in total. The second kappa shape index (κ2) is 8.76. The van der Waals surface area contributed by atoms with Gasteiger partial charge >= 0.3 is 12.2 Å². The van der Waals surface area contributed by atoms with Crippen LogP contribution in [0.2, 0.25) is 0 Å². The highest BCUT2D eigenvalue weighted by molar-refractivity contribution is 5.70. The SMILES string of the molecule is CC1(C)C2CN(C(=O)OCc3ccccc3)C(OC3C4C(CN3C(=O)OCc3ccccc3)C4(C)C)C21. The molecule has 6 unspecified atom stereocenters. The van der Waals surface area contributed by atoms with E-state index in [2.05, 4.69) is 27.7 Å². The van der Waals surface area contributed by atoms with Crippen LogP contribution in [-0.4, -0.2) is 47.5 Å². The van der Waals surface area contributed by atoms with E-state index in [0.717, 1.165) is 11.1 Å². The minimum Gasteiger partial charge on any atom is -0.444 e. The number of fused-ring (bicyclic) bond motifs is 2. The number of carbonyl (C=O) groups excluding carboxylic acids is 2. The molecule has 4 fully saturated rings. The van der Waals surface area contributed by atoms with Gasteiger partial charge in [-0.05, 0) is 33.8 Å². The van der Waals surface area contributed by atoms with Crippen LogP contribution in [0.15, 0.2) is 60.7 Å². The lowest BCUT2D eigenvalue weighted by molar-refractivity contribution is -0.147. The van der Waals surface area contributed by atoms with E-state index < -0.39 is 12.5 Å². The third-order valence-corrected chi connectivity index (χ3v) is 9.45. The molecule has 2 amide bonds. The summed E-state index contributed by atoms with van der Waals surface area (Å²) in [6, 6.07) is 19.4. The normalized spacial score (nSPS) is 31.9. The maximum Gasteiger partial charge on any atom is 0.412 e. The summed E-state index contributed by atoms with van der Waals surface area (Å²) >= 11 is 0. The highest BCUT2D eigenvalue weighted by Crippen LogP contribution is 2.68. The van der Waals surface area contributed by atoms with Gasteiger partial charge in [-0.2, -0.15) is 0 Å². The van der Waals surface area contributed by atoms with Crippen molar-refractivity contribution in [2.24, 2.45) is 34.5 Å². The van der Waals surface area contributed by atoms with Crippen molar-refractivity contribution in [2.45, 2.75) is 53.4 Å². The van der Waals surface area contributed by atoms with Gasteiger partial charge in [-0.1, -0.05) is 88.4 Å². The Morgan fingerprint density at radius 2 is 1.08 bits per heavy atom. The van der Waals surface area contributed by atoms with E-state index in [0.29, 0.717) is 24.9 Å². The van der Waals surface area contributed by atoms with E-state index in [1.165, 1.54) is 0 Å². The average molecular weight is 505 g/mol. The fraction of sp³-hybridized carbons (Fsp3) is 0.533. The van der Waals surface area contributed by atoms with Crippen LogP contribution in [0.1, 0.15) is 38.8 Å². The van der Waals surface area contributed by atoms with Crippen molar-refractivity contribution >= 4 is 12.2 Å². The molecule has 0 spiro atoms. The van der Waals surface area contributed by atoms with Gasteiger partial charge in [-0.25, -0.2) is 9.59 Å². The van der Waals surface area contributed by atoms with Crippen LogP contribution in [0.3, 0.4) is 0 Å². The molecule has 0 aromatic heterocycles. The summed E-state index contributed by atoms with van der Waals surface area (Å²) in [6.45, 7) is 10.6. The Morgan fingerprint density at radius 1 is 0.703 bits per heavy atom. The van der Waals surface area contributed by atoms with Crippen molar-refractivity contribution in [3.8, 4) is 0 Å². The van der Waals surface area contributed by atoms with Gasteiger partial charge in [-0.3, -0.25) is 9.80 Å². The van der Waals surface area contributed by atoms with E-state index in [1.807, 2.05) is 60.7 Å². The summed E-state index contributed by atoms with van der Waals surface area (Å²) < 4.78 is 18.1. The van der Waals surface area contributed by atoms with Crippen LogP contribution >= 0.6 is 0 Å². The molecule has 2 saturated heterocycles. The average Bonchev–Trinajstić information content (AvgIpc) is 3.38. The Kier molecular flexibility index (Phi) is 5.75.